The van der Waals surface area contributed by atoms with Crippen LogP contribution in [0.15, 0.2) is 0 Å². The molecule has 0 spiro atoms. The monoisotopic (exact) mass is 170 g/mol. The van der Waals surface area contributed by atoms with Crippen LogP contribution in [-0.4, -0.2) is 0 Å². The summed E-state index contributed by atoms with van der Waals surface area (Å²) in [5.74, 6) is 1.79. The van der Waals surface area contributed by atoms with E-state index < -0.39 is 0 Å². The highest BCUT2D eigenvalue weighted by molar-refractivity contribution is 4.67. The van der Waals surface area contributed by atoms with Gasteiger partial charge in [0.25, 0.3) is 0 Å². The molecule has 0 fully saturated rings. The van der Waals surface area contributed by atoms with E-state index in [1.165, 1.54) is 19.3 Å². The van der Waals surface area contributed by atoms with Crippen LogP contribution in [-0.2, 0) is 0 Å². The molecule has 0 aromatic rings. The molecule has 0 N–H and O–H groups in total. The highest BCUT2D eigenvalue weighted by atomic mass is 14.2. The van der Waals surface area contributed by atoms with Crippen molar-refractivity contribution in [3.8, 4) is 0 Å². The lowest BCUT2D eigenvalue weighted by atomic mass is 9.81. The van der Waals surface area contributed by atoms with Crippen molar-refractivity contribution >= 4 is 0 Å². The average Bonchev–Trinajstić information content (AvgIpc) is 1.82. The minimum atomic E-state index is 0.507. The summed E-state index contributed by atoms with van der Waals surface area (Å²) in [6, 6.07) is 0. The van der Waals surface area contributed by atoms with Crippen molar-refractivity contribution < 1.29 is 0 Å². The lowest BCUT2D eigenvalue weighted by Crippen LogP contribution is -2.13. The topological polar surface area (TPSA) is 0 Å². The van der Waals surface area contributed by atoms with Crippen LogP contribution in [0.5, 0.6) is 0 Å². The SMILES string of the molecule is CCC(C)CC(C)CC(C)(C)C. The quantitative estimate of drug-likeness (QED) is 0.583. The molecule has 0 radical (unpaired) electrons. The molecule has 0 bridgehead atoms. The van der Waals surface area contributed by atoms with Gasteiger partial charge in [0.15, 0.2) is 0 Å². The highest BCUT2D eigenvalue weighted by Gasteiger charge is 2.16. The molecule has 0 heterocycles. The van der Waals surface area contributed by atoms with Crippen LogP contribution >= 0.6 is 0 Å². The summed E-state index contributed by atoms with van der Waals surface area (Å²) in [4.78, 5) is 0. The molecule has 0 rings (SSSR count). The van der Waals surface area contributed by atoms with Gasteiger partial charge in [-0.3, -0.25) is 0 Å². The smallest absolute Gasteiger partial charge is 0.0380 e. The molecule has 0 saturated carbocycles. The first-order valence-electron chi connectivity index (χ1n) is 5.35. The summed E-state index contributed by atoms with van der Waals surface area (Å²) >= 11 is 0. The maximum atomic E-state index is 2.39. The first kappa shape index (κ1) is 12.0. The first-order chi connectivity index (χ1) is 5.35. The van der Waals surface area contributed by atoms with Crippen molar-refractivity contribution in [1.82, 2.24) is 0 Å². The zero-order valence-electron chi connectivity index (χ0n) is 9.78. The van der Waals surface area contributed by atoms with Gasteiger partial charge in [0, 0.05) is 0 Å². The van der Waals surface area contributed by atoms with Crippen molar-refractivity contribution in [2.24, 2.45) is 17.3 Å². The van der Waals surface area contributed by atoms with E-state index >= 15 is 0 Å². The van der Waals surface area contributed by atoms with E-state index in [2.05, 4.69) is 41.5 Å². The summed E-state index contributed by atoms with van der Waals surface area (Å²) in [7, 11) is 0. The first-order valence-corrected chi connectivity index (χ1v) is 5.35. The Labute approximate surface area is 78.8 Å². The Morgan fingerprint density at radius 1 is 1.00 bits per heavy atom. The van der Waals surface area contributed by atoms with Gasteiger partial charge in [-0.1, -0.05) is 48.0 Å². The van der Waals surface area contributed by atoms with Gasteiger partial charge in [0.1, 0.15) is 0 Å². The van der Waals surface area contributed by atoms with Crippen molar-refractivity contribution in [1.29, 1.82) is 0 Å². The standard InChI is InChI=1S/C12H26/c1-7-10(2)8-11(3)9-12(4,5)6/h10-11H,7-9H2,1-6H3. The summed E-state index contributed by atoms with van der Waals surface area (Å²) in [5, 5.41) is 0. The number of hydrogen-bond acceptors (Lipinski definition) is 0. The van der Waals surface area contributed by atoms with Gasteiger partial charge in [-0.15, -0.1) is 0 Å². The molecule has 0 aliphatic carbocycles. The van der Waals surface area contributed by atoms with Gasteiger partial charge in [0.05, 0.1) is 0 Å². The average molecular weight is 170 g/mol. The molecule has 12 heavy (non-hydrogen) atoms. The normalized spacial score (nSPS) is 17.5. The summed E-state index contributed by atoms with van der Waals surface area (Å²) < 4.78 is 0. The summed E-state index contributed by atoms with van der Waals surface area (Å²) in [6.45, 7) is 14.0. The Balaban J connectivity index is 3.66. The number of rotatable bonds is 4. The molecule has 0 nitrogen and oxygen atoms in total. The molecule has 0 aromatic carbocycles. The van der Waals surface area contributed by atoms with E-state index in [0.717, 1.165) is 11.8 Å². The fourth-order valence-electron chi connectivity index (χ4n) is 1.98. The Morgan fingerprint density at radius 3 is 1.83 bits per heavy atom. The third-order valence-electron chi connectivity index (χ3n) is 2.46. The highest BCUT2D eigenvalue weighted by Crippen LogP contribution is 2.28. The zero-order chi connectivity index (χ0) is 9.78. The van der Waals surface area contributed by atoms with E-state index in [0.29, 0.717) is 5.41 Å². The number of hydrogen-bond donors (Lipinski definition) is 0. The van der Waals surface area contributed by atoms with E-state index in [9.17, 15) is 0 Å². The Kier molecular flexibility index (Phi) is 4.89. The second kappa shape index (κ2) is 4.89. The van der Waals surface area contributed by atoms with Gasteiger partial charge in [-0.2, -0.15) is 0 Å². The van der Waals surface area contributed by atoms with Gasteiger partial charge in [0.2, 0.25) is 0 Å². The Hall–Kier alpha value is 0. The maximum absolute atomic E-state index is 2.39. The molecule has 0 saturated heterocycles. The molecule has 2 atom stereocenters. The molecule has 0 aliphatic rings. The van der Waals surface area contributed by atoms with E-state index in [1.807, 2.05) is 0 Å². The van der Waals surface area contributed by atoms with Crippen LogP contribution in [0.3, 0.4) is 0 Å². The van der Waals surface area contributed by atoms with Crippen molar-refractivity contribution in [2.75, 3.05) is 0 Å². The minimum Gasteiger partial charge on any atom is -0.0651 e. The van der Waals surface area contributed by atoms with Crippen LogP contribution in [0.25, 0.3) is 0 Å². The summed E-state index contributed by atoms with van der Waals surface area (Å²) in [5.41, 5.74) is 0.507. The fraction of sp³-hybridized carbons (Fsp3) is 1.00. The van der Waals surface area contributed by atoms with Gasteiger partial charge >= 0.3 is 0 Å². The van der Waals surface area contributed by atoms with Crippen LogP contribution in [0.2, 0.25) is 0 Å². The van der Waals surface area contributed by atoms with Crippen molar-refractivity contribution in [3.63, 3.8) is 0 Å². The van der Waals surface area contributed by atoms with E-state index in [1.54, 1.807) is 0 Å². The summed E-state index contributed by atoms with van der Waals surface area (Å²) in [6.07, 6.45) is 4.08. The van der Waals surface area contributed by atoms with Crippen LogP contribution in [0.1, 0.15) is 60.8 Å². The van der Waals surface area contributed by atoms with Gasteiger partial charge < -0.3 is 0 Å². The van der Waals surface area contributed by atoms with E-state index in [-0.39, 0.29) is 0 Å². The van der Waals surface area contributed by atoms with Crippen LogP contribution in [0, 0.1) is 17.3 Å². The molecule has 74 valence electrons. The third-order valence-corrected chi connectivity index (χ3v) is 2.46. The van der Waals surface area contributed by atoms with Crippen molar-refractivity contribution in [2.45, 2.75) is 60.8 Å². The predicted molar refractivity (Wildman–Crippen MR) is 57.3 cm³/mol. The van der Waals surface area contributed by atoms with Gasteiger partial charge in [-0.25, -0.2) is 0 Å². The lowest BCUT2D eigenvalue weighted by molar-refractivity contribution is 0.271. The van der Waals surface area contributed by atoms with Crippen LogP contribution in [0.4, 0.5) is 0 Å². The second-order valence-electron chi connectivity index (χ2n) is 5.62. The molecular weight excluding hydrogens is 144 g/mol. The van der Waals surface area contributed by atoms with E-state index in [4.69, 9.17) is 0 Å². The largest absolute Gasteiger partial charge is 0.0651 e. The van der Waals surface area contributed by atoms with Gasteiger partial charge in [-0.05, 0) is 30.1 Å². The van der Waals surface area contributed by atoms with Crippen LogP contribution < -0.4 is 0 Å². The molecule has 2 unspecified atom stereocenters. The Morgan fingerprint density at radius 2 is 1.50 bits per heavy atom. The fourth-order valence-corrected chi connectivity index (χ4v) is 1.98. The molecule has 0 aromatic heterocycles. The molecular formula is C12H26. The maximum Gasteiger partial charge on any atom is -0.0380 e. The predicted octanol–water partition coefficient (Wildman–Crippen LogP) is 4.49. The molecule has 0 aliphatic heterocycles. The zero-order valence-corrected chi connectivity index (χ0v) is 9.78. The molecule has 0 amide bonds. The second-order valence-corrected chi connectivity index (χ2v) is 5.62. The van der Waals surface area contributed by atoms with Crippen molar-refractivity contribution in [3.05, 3.63) is 0 Å². The third kappa shape index (κ3) is 6.69. The molecule has 0 heteroatoms. The lowest BCUT2D eigenvalue weighted by Gasteiger charge is -2.24. The minimum absolute atomic E-state index is 0.507. The Bertz CT molecular complexity index is 108.